The van der Waals surface area contributed by atoms with Gasteiger partial charge in [0.25, 0.3) is 0 Å². The number of nitrogens with zero attached hydrogens (tertiary/aromatic N) is 4. The predicted molar refractivity (Wildman–Crippen MR) is 135 cm³/mol. The number of nitrogens with one attached hydrogen (secondary N) is 2. The highest BCUT2D eigenvalue weighted by Gasteiger charge is 2.35. The third kappa shape index (κ3) is 7.45. The molecule has 1 aromatic carbocycles. The zero-order valence-electron chi connectivity index (χ0n) is 19.4. The first-order valence-corrected chi connectivity index (χ1v) is 10.9. The lowest BCUT2D eigenvalue weighted by Crippen LogP contribution is -2.47. The molecule has 0 saturated carbocycles. The van der Waals surface area contributed by atoms with Crippen LogP contribution in [0.4, 0.5) is 0 Å². The van der Waals surface area contributed by atoms with E-state index >= 15 is 0 Å². The maximum Gasteiger partial charge on any atom is 0.191 e. The van der Waals surface area contributed by atoms with Crippen molar-refractivity contribution in [2.75, 3.05) is 13.2 Å². The Bertz CT molecular complexity index is 830. The topological polar surface area (TPSA) is 76.4 Å². The van der Waals surface area contributed by atoms with Gasteiger partial charge in [0.1, 0.15) is 5.82 Å². The van der Waals surface area contributed by atoms with Crippen LogP contribution in [0.2, 0.25) is 0 Å². The third-order valence-electron chi connectivity index (χ3n) is 5.69. The molecule has 1 saturated heterocycles. The lowest BCUT2D eigenvalue weighted by atomic mass is 9.78. The maximum atomic E-state index is 6.14. The zero-order valence-corrected chi connectivity index (χ0v) is 21.7. The average molecular weight is 540 g/mol. The van der Waals surface area contributed by atoms with Gasteiger partial charge in [-0.15, -0.1) is 34.2 Å². The summed E-state index contributed by atoms with van der Waals surface area (Å²) in [6, 6.07) is 10.3. The Balaban J connectivity index is 0.00000341. The summed E-state index contributed by atoms with van der Waals surface area (Å²) in [7, 11) is 1.98. The quantitative estimate of drug-likeness (QED) is 0.331. The summed E-state index contributed by atoms with van der Waals surface area (Å²) in [5, 5.41) is 15.4. The molecule has 1 aliphatic heterocycles. The molecule has 0 radical (unpaired) electrons. The van der Waals surface area contributed by atoms with E-state index in [9.17, 15) is 0 Å². The summed E-state index contributed by atoms with van der Waals surface area (Å²) in [6.45, 7) is 11.6. The van der Waals surface area contributed by atoms with E-state index in [1.54, 1.807) is 0 Å². The normalized spacial score (nSPS) is 19.6. The molecule has 2 N–H and O–H groups in total. The van der Waals surface area contributed by atoms with Crippen LogP contribution in [0.25, 0.3) is 0 Å². The van der Waals surface area contributed by atoms with Crippen molar-refractivity contribution in [3.63, 3.8) is 0 Å². The van der Waals surface area contributed by atoms with E-state index in [0.29, 0.717) is 19.0 Å². The highest BCUT2D eigenvalue weighted by atomic mass is 127. The van der Waals surface area contributed by atoms with E-state index in [0.717, 1.165) is 37.2 Å². The van der Waals surface area contributed by atoms with E-state index in [2.05, 4.69) is 53.7 Å². The second-order valence-corrected chi connectivity index (χ2v) is 9.17. The van der Waals surface area contributed by atoms with Gasteiger partial charge in [-0.2, -0.15) is 0 Å². The van der Waals surface area contributed by atoms with Crippen LogP contribution in [0.5, 0.6) is 0 Å². The Morgan fingerprint density at radius 3 is 2.58 bits per heavy atom. The lowest BCUT2D eigenvalue weighted by Gasteiger charge is -2.40. The van der Waals surface area contributed by atoms with Gasteiger partial charge >= 0.3 is 0 Å². The van der Waals surface area contributed by atoms with Crippen LogP contribution >= 0.6 is 24.0 Å². The lowest BCUT2D eigenvalue weighted by molar-refractivity contribution is -0.0835. The van der Waals surface area contributed by atoms with Crippen LogP contribution in [0.3, 0.4) is 0 Å². The molecule has 2 aromatic rings. The minimum Gasteiger partial charge on any atom is -0.377 e. The van der Waals surface area contributed by atoms with Crippen LogP contribution in [0.1, 0.15) is 50.8 Å². The molecule has 1 aromatic heterocycles. The molecule has 0 spiro atoms. The molecule has 1 aliphatic rings. The molecule has 172 valence electrons. The first-order chi connectivity index (χ1) is 14.3. The molecule has 0 amide bonds. The van der Waals surface area contributed by atoms with Crippen molar-refractivity contribution in [3.05, 3.63) is 47.5 Å². The fourth-order valence-electron chi connectivity index (χ4n) is 3.93. The van der Waals surface area contributed by atoms with Crippen molar-refractivity contribution >= 4 is 29.9 Å². The van der Waals surface area contributed by atoms with Crippen molar-refractivity contribution in [3.8, 4) is 0 Å². The van der Waals surface area contributed by atoms with Crippen LogP contribution in [-0.4, -0.2) is 40.0 Å². The van der Waals surface area contributed by atoms with Crippen LogP contribution < -0.4 is 10.6 Å². The first kappa shape index (κ1) is 25.6. The molecular weight excluding hydrogens is 503 g/mol. The monoisotopic (exact) mass is 540 g/mol. The van der Waals surface area contributed by atoms with E-state index in [4.69, 9.17) is 9.73 Å². The summed E-state index contributed by atoms with van der Waals surface area (Å²) >= 11 is 0. The Labute approximate surface area is 203 Å². The van der Waals surface area contributed by atoms with Crippen LogP contribution in [0, 0.1) is 18.3 Å². The van der Waals surface area contributed by atoms with Gasteiger partial charge in [-0.05, 0) is 30.7 Å². The molecule has 0 bridgehead atoms. The zero-order chi connectivity index (χ0) is 21.6. The number of hydrogen-bond acceptors (Lipinski definition) is 4. The molecular formula is C23H37IN6O. The fourth-order valence-corrected chi connectivity index (χ4v) is 3.93. The number of ether oxygens (including phenoxy) is 1. The van der Waals surface area contributed by atoms with Crippen LogP contribution in [-0.2, 0) is 24.9 Å². The summed E-state index contributed by atoms with van der Waals surface area (Å²) in [5.41, 5.74) is 1.30. The van der Waals surface area contributed by atoms with Crippen molar-refractivity contribution in [1.82, 2.24) is 25.4 Å². The van der Waals surface area contributed by atoms with Gasteiger partial charge in [0.05, 0.1) is 19.2 Å². The number of benzene rings is 1. The average Bonchev–Trinajstić information content (AvgIpc) is 3.05. The molecule has 7 nitrogen and oxygen atoms in total. The Morgan fingerprint density at radius 2 is 1.94 bits per heavy atom. The number of halogens is 1. The second-order valence-electron chi connectivity index (χ2n) is 9.17. The third-order valence-corrected chi connectivity index (χ3v) is 5.69. The summed E-state index contributed by atoms with van der Waals surface area (Å²) < 4.78 is 8.13. The first-order valence-electron chi connectivity index (χ1n) is 10.9. The number of aliphatic imine (C=N–C) groups is 1. The number of guanidine groups is 1. The number of aromatic nitrogens is 3. The van der Waals surface area contributed by atoms with Crippen LogP contribution in [0.15, 0.2) is 35.3 Å². The van der Waals surface area contributed by atoms with Crippen molar-refractivity contribution in [1.29, 1.82) is 0 Å². The van der Waals surface area contributed by atoms with Gasteiger partial charge in [0.2, 0.25) is 0 Å². The van der Waals surface area contributed by atoms with Gasteiger partial charge in [0.15, 0.2) is 11.8 Å². The maximum absolute atomic E-state index is 6.14. The van der Waals surface area contributed by atoms with Gasteiger partial charge in [-0.25, -0.2) is 4.99 Å². The number of rotatable bonds is 6. The smallest absolute Gasteiger partial charge is 0.191 e. The van der Waals surface area contributed by atoms with Crippen molar-refractivity contribution < 1.29 is 4.74 Å². The fraction of sp³-hybridized carbons (Fsp3) is 0.609. The van der Waals surface area contributed by atoms with E-state index in [-0.39, 0.29) is 35.5 Å². The molecule has 2 heterocycles. The van der Waals surface area contributed by atoms with Gasteiger partial charge < -0.3 is 19.9 Å². The van der Waals surface area contributed by atoms with E-state index in [1.807, 2.05) is 36.7 Å². The number of aryl methyl sites for hydroxylation is 1. The molecule has 2 unspecified atom stereocenters. The minimum absolute atomic E-state index is 0. The molecule has 0 aliphatic carbocycles. The SMILES string of the molecule is Cc1nnc(CNC(=NCc2ccccc2)NCC2CCCOC2C(C)(C)C)n1C.I. The second kappa shape index (κ2) is 11.8. The number of hydrogen-bond donors (Lipinski definition) is 2. The van der Waals surface area contributed by atoms with E-state index in [1.165, 1.54) is 12.0 Å². The molecule has 3 rings (SSSR count). The summed E-state index contributed by atoms with van der Waals surface area (Å²) in [6.07, 6.45) is 2.53. The van der Waals surface area contributed by atoms with Crippen molar-refractivity contribution in [2.24, 2.45) is 23.4 Å². The Morgan fingerprint density at radius 1 is 1.19 bits per heavy atom. The predicted octanol–water partition coefficient (Wildman–Crippen LogP) is 3.82. The molecule has 2 atom stereocenters. The minimum atomic E-state index is 0. The standard InChI is InChI=1S/C23H36N6O.HI/c1-17-27-28-20(29(17)5)16-26-22(24-14-18-10-7-6-8-11-18)25-15-19-12-9-13-30-21(19)23(2,3)4;/h6-8,10-11,19,21H,9,12-16H2,1-5H3,(H2,24,25,26);1H. The highest BCUT2D eigenvalue weighted by Crippen LogP contribution is 2.33. The largest absolute Gasteiger partial charge is 0.377 e. The highest BCUT2D eigenvalue weighted by molar-refractivity contribution is 14.0. The molecule has 8 heteroatoms. The summed E-state index contributed by atoms with van der Waals surface area (Å²) in [5.74, 6) is 3.03. The van der Waals surface area contributed by atoms with Gasteiger partial charge in [-0.3, -0.25) is 0 Å². The molecule has 31 heavy (non-hydrogen) atoms. The Hall–Kier alpha value is -1.68. The van der Waals surface area contributed by atoms with Gasteiger partial charge in [0, 0.05) is 26.1 Å². The molecule has 1 fully saturated rings. The Kier molecular flexibility index (Phi) is 9.74. The van der Waals surface area contributed by atoms with Gasteiger partial charge in [-0.1, -0.05) is 51.1 Å². The summed E-state index contributed by atoms with van der Waals surface area (Å²) in [4.78, 5) is 4.81. The van der Waals surface area contributed by atoms with Crippen molar-refractivity contribution in [2.45, 2.75) is 59.7 Å². The van der Waals surface area contributed by atoms with E-state index < -0.39 is 0 Å².